The molecular formula is C25H22N2O3. The average molecular weight is 398 g/mol. The Morgan fingerprint density at radius 1 is 1.07 bits per heavy atom. The number of nitrogens with one attached hydrogen (secondary N) is 2. The molecule has 5 nitrogen and oxygen atoms in total. The van der Waals surface area contributed by atoms with Crippen molar-refractivity contribution >= 4 is 11.5 Å². The minimum Gasteiger partial charge on any atom is -0.454 e. The molecule has 5 heteroatoms. The Bertz CT molecular complexity index is 1130. The van der Waals surface area contributed by atoms with Crippen molar-refractivity contribution in [3.8, 4) is 11.5 Å². The van der Waals surface area contributed by atoms with Crippen LogP contribution in [-0.2, 0) is 10.2 Å². The Kier molecular flexibility index (Phi) is 3.78. The minimum absolute atomic E-state index is 0.0547. The van der Waals surface area contributed by atoms with Crippen LogP contribution in [-0.4, -0.2) is 18.7 Å². The molecule has 2 aliphatic heterocycles. The van der Waals surface area contributed by atoms with Crippen LogP contribution in [0, 0.1) is 0 Å². The Morgan fingerprint density at radius 2 is 1.90 bits per heavy atom. The number of carbonyl (C=O) groups is 1. The summed E-state index contributed by atoms with van der Waals surface area (Å²) in [7, 11) is 0. The van der Waals surface area contributed by atoms with E-state index in [2.05, 4.69) is 41.1 Å². The van der Waals surface area contributed by atoms with Crippen molar-refractivity contribution in [1.29, 1.82) is 0 Å². The van der Waals surface area contributed by atoms with Gasteiger partial charge in [0.2, 0.25) is 12.7 Å². The van der Waals surface area contributed by atoms with Crippen molar-refractivity contribution in [3.63, 3.8) is 0 Å². The second kappa shape index (κ2) is 6.52. The van der Waals surface area contributed by atoms with Crippen LogP contribution in [0.1, 0.15) is 30.4 Å². The van der Waals surface area contributed by atoms with E-state index in [0.717, 1.165) is 42.0 Å². The van der Waals surface area contributed by atoms with Gasteiger partial charge in [-0.2, -0.15) is 0 Å². The van der Waals surface area contributed by atoms with Crippen molar-refractivity contribution in [2.45, 2.75) is 30.7 Å². The van der Waals surface area contributed by atoms with Crippen LogP contribution in [0.5, 0.6) is 11.5 Å². The number of amides is 1. The van der Waals surface area contributed by atoms with Crippen molar-refractivity contribution in [2.75, 3.05) is 6.79 Å². The van der Waals surface area contributed by atoms with Gasteiger partial charge in [-0.1, -0.05) is 42.5 Å². The van der Waals surface area contributed by atoms with Gasteiger partial charge in [0.15, 0.2) is 11.5 Å². The molecule has 1 saturated carbocycles. The zero-order chi connectivity index (χ0) is 20.1. The van der Waals surface area contributed by atoms with Gasteiger partial charge >= 0.3 is 0 Å². The second-order valence-electron chi connectivity index (χ2n) is 8.24. The monoisotopic (exact) mass is 398 g/mol. The van der Waals surface area contributed by atoms with Crippen molar-refractivity contribution in [2.24, 2.45) is 0 Å². The van der Waals surface area contributed by atoms with E-state index in [0.29, 0.717) is 0 Å². The van der Waals surface area contributed by atoms with Gasteiger partial charge in [0.25, 0.3) is 0 Å². The summed E-state index contributed by atoms with van der Waals surface area (Å²) >= 11 is 0. The smallest absolute Gasteiger partial charge is 0.235 e. The summed E-state index contributed by atoms with van der Waals surface area (Å²) in [5.74, 6) is 1.52. The van der Waals surface area contributed by atoms with E-state index in [-0.39, 0.29) is 18.7 Å². The van der Waals surface area contributed by atoms with Crippen LogP contribution < -0.4 is 20.1 Å². The summed E-state index contributed by atoms with van der Waals surface area (Å²) in [6, 6.07) is 16.5. The largest absolute Gasteiger partial charge is 0.454 e. The van der Waals surface area contributed by atoms with Gasteiger partial charge in [-0.3, -0.25) is 4.79 Å². The molecule has 0 aromatic heterocycles. The predicted octanol–water partition coefficient (Wildman–Crippen LogP) is 3.79. The minimum atomic E-state index is -0.469. The first-order valence-corrected chi connectivity index (χ1v) is 10.4. The molecule has 2 aromatic rings. The van der Waals surface area contributed by atoms with Gasteiger partial charge in [-0.05, 0) is 54.2 Å². The van der Waals surface area contributed by atoms with E-state index in [1.807, 2.05) is 36.4 Å². The van der Waals surface area contributed by atoms with Crippen molar-refractivity contribution in [1.82, 2.24) is 10.6 Å². The Morgan fingerprint density at radius 3 is 2.73 bits per heavy atom. The normalized spacial score (nSPS) is 22.3. The molecule has 6 rings (SSSR count). The summed E-state index contributed by atoms with van der Waals surface area (Å²) in [6.07, 6.45) is 8.85. The lowest BCUT2D eigenvalue weighted by Crippen LogP contribution is -2.35. The van der Waals surface area contributed by atoms with Crippen LogP contribution in [0.4, 0.5) is 0 Å². The second-order valence-corrected chi connectivity index (χ2v) is 8.24. The van der Waals surface area contributed by atoms with Crippen LogP contribution in [0.2, 0.25) is 0 Å². The van der Waals surface area contributed by atoms with Gasteiger partial charge in [0, 0.05) is 17.5 Å². The number of hydrogen-bond acceptors (Lipinski definition) is 4. The predicted molar refractivity (Wildman–Crippen MR) is 114 cm³/mol. The summed E-state index contributed by atoms with van der Waals surface area (Å²) < 4.78 is 10.9. The molecule has 0 radical (unpaired) electrons. The molecule has 0 bridgehead atoms. The Labute approximate surface area is 175 Å². The molecular weight excluding hydrogens is 376 g/mol. The molecule has 1 amide bonds. The Balaban J connectivity index is 1.23. The molecule has 1 unspecified atom stereocenters. The highest BCUT2D eigenvalue weighted by Crippen LogP contribution is 2.51. The van der Waals surface area contributed by atoms with Crippen LogP contribution in [0.25, 0.3) is 5.57 Å². The molecule has 2 heterocycles. The first-order valence-electron chi connectivity index (χ1n) is 10.4. The molecule has 2 N–H and O–H groups in total. The lowest BCUT2D eigenvalue weighted by atomic mass is 9.90. The van der Waals surface area contributed by atoms with Gasteiger partial charge in [0.1, 0.15) is 0 Å². The van der Waals surface area contributed by atoms with Crippen LogP contribution >= 0.6 is 0 Å². The van der Waals surface area contributed by atoms with Crippen LogP contribution in [0.15, 0.2) is 78.2 Å². The molecule has 1 atom stereocenters. The van der Waals surface area contributed by atoms with Gasteiger partial charge in [-0.15, -0.1) is 0 Å². The molecule has 0 saturated heterocycles. The first kappa shape index (κ1) is 17.4. The molecule has 4 aliphatic rings. The number of rotatable bonds is 4. The third-order valence-corrected chi connectivity index (χ3v) is 6.45. The Hall–Kier alpha value is -3.47. The van der Waals surface area contributed by atoms with E-state index in [9.17, 15) is 4.79 Å². The topological polar surface area (TPSA) is 59.6 Å². The zero-order valence-electron chi connectivity index (χ0n) is 16.5. The third-order valence-electron chi connectivity index (χ3n) is 6.45. The van der Waals surface area contributed by atoms with Gasteiger partial charge in [0.05, 0.1) is 11.5 Å². The fraction of sp³-hybridized carbons (Fsp3) is 0.240. The first-order chi connectivity index (χ1) is 14.7. The van der Waals surface area contributed by atoms with Crippen molar-refractivity contribution in [3.05, 3.63) is 89.3 Å². The highest BCUT2D eigenvalue weighted by Gasteiger charge is 2.52. The molecule has 0 spiro atoms. The number of hydrogen-bond donors (Lipinski definition) is 2. The molecule has 2 aromatic carbocycles. The molecule has 150 valence electrons. The highest BCUT2D eigenvalue weighted by atomic mass is 16.7. The van der Waals surface area contributed by atoms with E-state index >= 15 is 0 Å². The number of fused-ring (bicyclic) bond motifs is 2. The fourth-order valence-corrected chi connectivity index (χ4v) is 4.56. The summed E-state index contributed by atoms with van der Waals surface area (Å²) in [5.41, 5.74) is 5.01. The fourth-order valence-electron chi connectivity index (χ4n) is 4.56. The summed E-state index contributed by atoms with van der Waals surface area (Å²) in [4.78, 5) is 13.3. The summed E-state index contributed by atoms with van der Waals surface area (Å²) in [6.45, 7) is 0.241. The van der Waals surface area contributed by atoms with E-state index in [4.69, 9.17) is 9.47 Å². The van der Waals surface area contributed by atoms with E-state index in [1.165, 1.54) is 16.7 Å². The lowest BCUT2D eigenvalue weighted by Gasteiger charge is -2.22. The maximum absolute atomic E-state index is 13.3. The third kappa shape index (κ3) is 2.73. The average Bonchev–Trinajstić information content (AvgIpc) is 3.28. The highest BCUT2D eigenvalue weighted by molar-refractivity contribution is 5.93. The quantitative estimate of drug-likeness (QED) is 0.823. The number of allylic oxidation sites excluding steroid dienone is 1. The summed E-state index contributed by atoms with van der Waals surface area (Å²) in [5, 5.41) is 6.65. The van der Waals surface area contributed by atoms with Crippen molar-refractivity contribution < 1.29 is 14.3 Å². The molecule has 1 fully saturated rings. The SMILES string of the molecule is O=C(NC1=CCC2NC=C(c3ccccc3)C2=C1)C1(c2ccc3c(c2)OCO3)CC1. The van der Waals surface area contributed by atoms with E-state index < -0.39 is 5.41 Å². The molecule has 2 aliphatic carbocycles. The number of carbonyl (C=O) groups excluding carboxylic acids is 1. The standard InChI is InChI=1S/C25H22N2O3/c28-24(25(10-11-25)17-6-9-22-23(12-17)30-15-29-22)27-18-7-8-21-19(13-18)20(14-26-21)16-4-2-1-3-5-16/h1-7,9,12-14,21,26H,8,10-11,15H2,(H,27,28). The maximum atomic E-state index is 13.3. The van der Waals surface area contributed by atoms with E-state index in [1.54, 1.807) is 0 Å². The lowest BCUT2D eigenvalue weighted by molar-refractivity contribution is -0.122. The van der Waals surface area contributed by atoms with Crippen LogP contribution in [0.3, 0.4) is 0 Å². The number of benzene rings is 2. The number of ether oxygens (including phenoxy) is 2. The molecule has 30 heavy (non-hydrogen) atoms. The zero-order valence-corrected chi connectivity index (χ0v) is 16.5. The van der Waals surface area contributed by atoms with Gasteiger partial charge in [-0.25, -0.2) is 0 Å². The van der Waals surface area contributed by atoms with Gasteiger partial charge < -0.3 is 20.1 Å². The maximum Gasteiger partial charge on any atom is 0.235 e.